The van der Waals surface area contributed by atoms with Crippen LogP contribution in [0, 0.1) is 5.41 Å². The van der Waals surface area contributed by atoms with Gasteiger partial charge in [0.05, 0.1) is 5.60 Å². The van der Waals surface area contributed by atoms with E-state index in [0.717, 1.165) is 16.6 Å². The molecule has 0 unspecified atom stereocenters. The largest absolute Gasteiger partial charge is 0.426 e. The molecule has 1 aromatic rings. The van der Waals surface area contributed by atoms with Gasteiger partial charge in [-0.3, -0.25) is 5.41 Å². The van der Waals surface area contributed by atoms with E-state index >= 15 is 0 Å². The van der Waals surface area contributed by atoms with Crippen molar-refractivity contribution >= 4 is 29.7 Å². The number of hydrogen-bond acceptors (Lipinski definition) is 2. The van der Waals surface area contributed by atoms with Crippen LogP contribution in [0.25, 0.3) is 0 Å². The van der Waals surface area contributed by atoms with Crippen molar-refractivity contribution < 1.29 is 4.65 Å². The zero-order chi connectivity index (χ0) is 10.3. The van der Waals surface area contributed by atoms with E-state index in [0.29, 0.717) is 0 Å². The Morgan fingerprint density at radius 2 is 2.21 bits per heavy atom. The van der Waals surface area contributed by atoms with Crippen LogP contribution in [0.5, 0.6) is 0 Å². The Hall–Kier alpha value is -0.795. The number of nitrogens with one attached hydrogen (secondary N) is 1. The molecule has 0 fully saturated rings. The highest BCUT2D eigenvalue weighted by Crippen LogP contribution is 2.28. The second kappa shape index (κ2) is 3.11. The van der Waals surface area contributed by atoms with E-state index in [1.165, 1.54) is 0 Å². The molecule has 0 aliphatic carbocycles. The Bertz CT molecular complexity index is 403. The predicted molar refractivity (Wildman–Crippen MR) is 58.6 cm³/mol. The van der Waals surface area contributed by atoms with Gasteiger partial charge < -0.3 is 4.65 Å². The Morgan fingerprint density at radius 3 is 2.86 bits per heavy atom. The van der Waals surface area contributed by atoms with E-state index in [9.17, 15) is 0 Å². The van der Waals surface area contributed by atoms with Gasteiger partial charge in [0.25, 0.3) is 0 Å². The second-order valence-electron chi connectivity index (χ2n) is 3.86. The lowest BCUT2D eigenvalue weighted by Crippen LogP contribution is -2.17. The van der Waals surface area contributed by atoms with Crippen molar-refractivity contribution in [3.63, 3.8) is 0 Å². The molecule has 14 heavy (non-hydrogen) atoms. The minimum absolute atomic E-state index is 0.0653. The fraction of sp³-hybridized carbons (Fsp3) is 0.300. The molecule has 0 spiro atoms. The van der Waals surface area contributed by atoms with E-state index in [2.05, 4.69) is 0 Å². The summed E-state index contributed by atoms with van der Waals surface area (Å²) in [6.07, 6.45) is 0. The van der Waals surface area contributed by atoms with Gasteiger partial charge in [0.15, 0.2) is 0 Å². The second-order valence-corrected chi connectivity index (χ2v) is 4.24. The summed E-state index contributed by atoms with van der Waals surface area (Å²) in [5, 5.41) is 7.41. The fourth-order valence-corrected chi connectivity index (χ4v) is 1.71. The zero-order valence-corrected chi connectivity index (χ0v) is 8.85. The first kappa shape index (κ1) is 9.75. The molecule has 0 bridgehead atoms. The Morgan fingerprint density at radius 1 is 1.50 bits per heavy atom. The molecule has 1 N–H and O–H groups in total. The molecule has 0 saturated heterocycles. The molecule has 2 rings (SSSR count). The summed E-state index contributed by atoms with van der Waals surface area (Å²) >= 11 is 5.63. The molecule has 2 nitrogen and oxygen atoms in total. The standard InChI is InChI=1S/C10H10BClNO/c1-10(2)7-5-6(9(12)13)3-4-8(7)11-14-10/h3-5,13H,1-2H3. The minimum Gasteiger partial charge on any atom is -0.426 e. The highest BCUT2D eigenvalue weighted by molar-refractivity contribution is 6.68. The maximum Gasteiger partial charge on any atom is 0.331 e. The summed E-state index contributed by atoms with van der Waals surface area (Å²) in [6.45, 7) is 3.99. The number of halogens is 1. The van der Waals surface area contributed by atoms with Crippen LogP contribution in [0.2, 0.25) is 0 Å². The Balaban J connectivity index is 2.53. The third kappa shape index (κ3) is 1.47. The number of hydrogen-bond donors (Lipinski definition) is 1. The molecule has 0 atom stereocenters. The monoisotopic (exact) mass is 206 g/mol. The lowest BCUT2D eigenvalue weighted by molar-refractivity contribution is 0.131. The number of benzene rings is 1. The topological polar surface area (TPSA) is 33.1 Å². The Labute approximate surface area is 89.0 Å². The average Bonchev–Trinajstić information content (AvgIpc) is 2.42. The summed E-state index contributed by atoms with van der Waals surface area (Å²) in [7, 11) is 1.75. The molecule has 0 saturated carbocycles. The molecule has 1 aliphatic heterocycles. The summed E-state index contributed by atoms with van der Waals surface area (Å²) in [4.78, 5) is 0. The van der Waals surface area contributed by atoms with Gasteiger partial charge in [-0.1, -0.05) is 23.7 Å². The number of rotatable bonds is 1. The molecular weight excluding hydrogens is 196 g/mol. The molecule has 4 heteroatoms. The van der Waals surface area contributed by atoms with Crippen molar-refractivity contribution in [1.82, 2.24) is 0 Å². The van der Waals surface area contributed by atoms with E-state index in [1.807, 2.05) is 32.0 Å². The molecule has 0 aromatic heterocycles. The van der Waals surface area contributed by atoms with Gasteiger partial charge in [0, 0.05) is 5.56 Å². The van der Waals surface area contributed by atoms with Gasteiger partial charge in [-0.2, -0.15) is 0 Å². The van der Waals surface area contributed by atoms with E-state index in [1.54, 1.807) is 7.48 Å². The van der Waals surface area contributed by atoms with Gasteiger partial charge >= 0.3 is 7.48 Å². The van der Waals surface area contributed by atoms with Crippen LogP contribution in [0.1, 0.15) is 25.0 Å². The molecule has 0 amide bonds. The van der Waals surface area contributed by atoms with Gasteiger partial charge in [-0.15, -0.1) is 0 Å². The third-order valence-corrected chi connectivity index (χ3v) is 2.65. The molecule has 71 valence electrons. The van der Waals surface area contributed by atoms with Crippen LogP contribution in [-0.2, 0) is 10.3 Å². The van der Waals surface area contributed by atoms with Gasteiger partial charge in [-0.25, -0.2) is 0 Å². The van der Waals surface area contributed by atoms with Gasteiger partial charge in [0.2, 0.25) is 0 Å². The highest BCUT2D eigenvalue weighted by Gasteiger charge is 2.31. The van der Waals surface area contributed by atoms with Crippen molar-refractivity contribution in [3.8, 4) is 0 Å². The van der Waals surface area contributed by atoms with Crippen LogP contribution >= 0.6 is 11.6 Å². The average molecular weight is 206 g/mol. The quantitative estimate of drug-likeness (QED) is 0.551. The maximum absolute atomic E-state index is 7.34. The van der Waals surface area contributed by atoms with Crippen LogP contribution < -0.4 is 5.46 Å². The SMILES string of the molecule is CC1(C)O[B]c2ccc(C(=N)Cl)cc21. The van der Waals surface area contributed by atoms with E-state index < -0.39 is 0 Å². The third-order valence-electron chi connectivity index (χ3n) is 2.44. The first-order chi connectivity index (χ1) is 6.50. The number of fused-ring (bicyclic) bond motifs is 1. The van der Waals surface area contributed by atoms with E-state index in [4.69, 9.17) is 21.7 Å². The fourth-order valence-electron chi connectivity index (χ4n) is 1.59. The van der Waals surface area contributed by atoms with Crippen LogP contribution in [-0.4, -0.2) is 12.7 Å². The molecule has 1 radical (unpaired) electrons. The molecular formula is C10H10BClNO. The predicted octanol–water partition coefficient (Wildman–Crippen LogP) is 1.76. The summed E-state index contributed by atoms with van der Waals surface area (Å²) in [5.41, 5.74) is 2.58. The first-order valence-electron chi connectivity index (χ1n) is 4.41. The Kier molecular flexibility index (Phi) is 2.16. The van der Waals surface area contributed by atoms with Crippen molar-refractivity contribution in [1.29, 1.82) is 5.41 Å². The van der Waals surface area contributed by atoms with Crippen molar-refractivity contribution in [2.75, 3.05) is 0 Å². The lowest BCUT2D eigenvalue weighted by Gasteiger charge is -2.20. The smallest absolute Gasteiger partial charge is 0.331 e. The zero-order valence-electron chi connectivity index (χ0n) is 8.10. The maximum atomic E-state index is 7.34. The molecule has 1 heterocycles. The highest BCUT2D eigenvalue weighted by atomic mass is 35.5. The van der Waals surface area contributed by atoms with Crippen molar-refractivity contribution in [2.24, 2.45) is 0 Å². The van der Waals surface area contributed by atoms with Crippen molar-refractivity contribution in [3.05, 3.63) is 29.3 Å². The van der Waals surface area contributed by atoms with Crippen molar-refractivity contribution in [2.45, 2.75) is 19.4 Å². The van der Waals surface area contributed by atoms with Crippen LogP contribution in [0.3, 0.4) is 0 Å². The minimum atomic E-state index is -0.308. The van der Waals surface area contributed by atoms with Crippen LogP contribution in [0.4, 0.5) is 0 Å². The van der Waals surface area contributed by atoms with E-state index in [-0.39, 0.29) is 10.8 Å². The van der Waals surface area contributed by atoms with Crippen LogP contribution in [0.15, 0.2) is 18.2 Å². The summed E-state index contributed by atoms with van der Waals surface area (Å²) in [6, 6.07) is 5.67. The normalized spacial score (nSPS) is 17.4. The van der Waals surface area contributed by atoms with Gasteiger partial charge in [0.1, 0.15) is 5.17 Å². The molecule has 1 aliphatic rings. The lowest BCUT2D eigenvalue weighted by atomic mass is 9.84. The first-order valence-corrected chi connectivity index (χ1v) is 4.78. The summed E-state index contributed by atoms with van der Waals surface area (Å²) < 4.78 is 5.51. The van der Waals surface area contributed by atoms with Gasteiger partial charge in [-0.05, 0) is 30.9 Å². The summed E-state index contributed by atoms with van der Waals surface area (Å²) in [5.74, 6) is 0. The molecule has 1 aromatic carbocycles.